The second kappa shape index (κ2) is 3.76. The minimum absolute atomic E-state index is 0.233. The smallest absolute Gasteiger partial charge is 0.197 e. The van der Waals surface area contributed by atoms with Crippen molar-refractivity contribution in [3.8, 4) is 10.8 Å². The average Bonchev–Trinajstić information content (AvgIpc) is 2.66. The van der Waals surface area contributed by atoms with E-state index in [1.165, 1.54) is 11.3 Å². The van der Waals surface area contributed by atoms with Crippen LogP contribution in [0.3, 0.4) is 0 Å². The molecule has 0 unspecified atom stereocenters. The Kier molecular flexibility index (Phi) is 2.62. The topological polar surface area (TPSA) is 38.7 Å². The lowest BCUT2D eigenvalue weighted by Crippen LogP contribution is -1.93. The van der Waals surface area contributed by atoms with Crippen LogP contribution in [0.15, 0.2) is 11.6 Å². The van der Waals surface area contributed by atoms with Gasteiger partial charge >= 0.3 is 0 Å². The molecule has 72 valence electrons. The summed E-state index contributed by atoms with van der Waals surface area (Å²) in [6.07, 6.45) is 1.59. The maximum Gasteiger partial charge on any atom is 0.197 e. The molecule has 3 nitrogen and oxygen atoms in total. The van der Waals surface area contributed by atoms with Crippen molar-refractivity contribution in [2.75, 3.05) is 0 Å². The summed E-state index contributed by atoms with van der Waals surface area (Å²) < 4.78 is 12.9. The Labute approximate surface area is 92.6 Å². The molecule has 0 amide bonds. The molecular weight excluding hydrogens is 248 g/mol. The molecular formula is C7H2Cl2FN3S. The Morgan fingerprint density at radius 2 is 1.86 bits per heavy atom. The van der Waals surface area contributed by atoms with E-state index in [1.54, 1.807) is 11.6 Å². The largest absolute Gasteiger partial charge is 0.241 e. The van der Waals surface area contributed by atoms with Crippen molar-refractivity contribution in [1.82, 2.24) is 15.0 Å². The molecule has 0 N–H and O–H groups in total. The molecule has 0 spiro atoms. The number of aromatic nitrogens is 3. The predicted octanol–water partition coefficient (Wildman–Crippen LogP) is 3.05. The average molecular weight is 250 g/mol. The van der Waals surface area contributed by atoms with Crippen molar-refractivity contribution >= 4 is 34.5 Å². The van der Waals surface area contributed by atoms with Gasteiger partial charge in [0.15, 0.2) is 27.0 Å². The third kappa shape index (κ3) is 1.70. The fourth-order valence-corrected chi connectivity index (χ4v) is 1.78. The molecule has 0 fully saturated rings. The van der Waals surface area contributed by atoms with E-state index in [4.69, 9.17) is 23.2 Å². The fourth-order valence-electron chi connectivity index (χ4n) is 0.824. The van der Waals surface area contributed by atoms with Gasteiger partial charge in [0.25, 0.3) is 0 Å². The summed E-state index contributed by atoms with van der Waals surface area (Å²) in [4.78, 5) is 11.4. The fraction of sp³-hybridized carbons (Fsp3) is 0. The van der Waals surface area contributed by atoms with E-state index in [0.717, 1.165) is 0 Å². The number of hydrogen-bond donors (Lipinski definition) is 0. The van der Waals surface area contributed by atoms with Gasteiger partial charge in [-0.05, 0) is 0 Å². The maximum atomic E-state index is 12.9. The second-order valence-corrected chi connectivity index (χ2v) is 3.89. The highest BCUT2D eigenvalue weighted by Gasteiger charge is 2.13. The molecule has 0 aliphatic carbocycles. The van der Waals surface area contributed by atoms with Gasteiger partial charge in [-0.25, -0.2) is 19.3 Å². The number of thiazole rings is 1. The first-order valence-electron chi connectivity index (χ1n) is 3.47. The SMILES string of the molecule is Fc1c(Cl)nc(-c2nccs2)nc1Cl. The summed E-state index contributed by atoms with van der Waals surface area (Å²) >= 11 is 12.3. The van der Waals surface area contributed by atoms with Crippen LogP contribution in [-0.4, -0.2) is 15.0 Å². The molecule has 0 bridgehead atoms. The van der Waals surface area contributed by atoms with Crippen LogP contribution in [0.4, 0.5) is 4.39 Å². The lowest BCUT2D eigenvalue weighted by molar-refractivity contribution is 0.615. The third-order valence-corrected chi connectivity index (χ3v) is 2.66. The summed E-state index contributed by atoms with van der Waals surface area (Å²) in [7, 11) is 0. The van der Waals surface area contributed by atoms with Gasteiger partial charge in [-0.2, -0.15) is 0 Å². The normalized spacial score (nSPS) is 10.5. The molecule has 2 aromatic rings. The van der Waals surface area contributed by atoms with E-state index in [1.807, 2.05) is 0 Å². The van der Waals surface area contributed by atoms with Gasteiger partial charge < -0.3 is 0 Å². The summed E-state index contributed by atoms with van der Waals surface area (Å²) in [5.74, 6) is -0.579. The first-order chi connectivity index (χ1) is 6.68. The van der Waals surface area contributed by atoms with Gasteiger partial charge in [-0.15, -0.1) is 11.3 Å². The molecule has 0 aromatic carbocycles. The van der Waals surface area contributed by atoms with Crippen LogP contribution in [-0.2, 0) is 0 Å². The highest BCUT2D eigenvalue weighted by Crippen LogP contribution is 2.24. The highest BCUT2D eigenvalue weighted by atomic mass is 35.5. The van der Waals surface area contributed by atoms with Crippen molar-refractivity contribution in [1.29, 1.82) is 0 Å². The Morgan fingerprint density at radius 3 is 2.36 bits per heavy atom. The van der Waals surface area contributed by atoms with Gasteiger partial charge in [-0.1, -0.05) is 23.2 Å². The zero-order valence-electron chi connectivity index (χ0n) is 6.54. The van der Waals surface area contributed by atoms with E-state index >= 15 is 0 Å². The van der Waals surface area contributed by atoms with Crippen molar-refractivity contribution in [2.24, 2.45) is 0 Å². The van der Waals surface area contributed by atoms with E-state index in [-0.39, 0.29) is 16.1 Å². The van der Waals surface area contributed by atoms with Crippen LogP contribution in [0.25, 0.3) is 10.8 Å². The summed E-state index contributed by atoms with van der Waals surface area (Å²) in [6, 6.07) is 0. The number of nitrogens with zero attached hydrogens (tertiary/aromatic N) is 3. The third-order valence-electron chi connectivity index (χ3n) is 1.39. The van der Waals surface area contributed by atoms with Crippen LogP contribution < -0.4 is 0 Å². The lowest BCUT2D eigenvalue weighted by atomic mass is 10.5. The quantitative estimate of drug-likeness (QED) is 0.730. The van der Waals surface area contributed by atoms with Crippen LogP contribution in [0.5, 0.6) is 0 Å². The molecule has 0 aliphatic rings. The second-order valence-electron chi connectivity index (χ2n) is 2.28. The Balaban J connectivity index is 2.57. The Bertz CT molecular complexity index is 437. The van der Waals surface area contributed by atoms with Crippen LogP contribution in [0.1, 0.15) is 0 Å². The van der Waals surface area contributed by atoms with Crippen LogP contribution in [0.2, 0.25) is 10.3 Å². The molecule has 0 radical (unpaired) electrons. The molecule has 7 heteroatoms. The van der Waals surface area contributed by atoms with Crippen molar-refractivity contribution < 1.29 is 4.39 Å². The standard InChI is InChI=1S/C7H2Cl2FN3S/c8-4-3(10)5(9)13-6(12-4)7-11-1-2-14-7/h1-2H. The van der Waals surface area contributed by atoms with E-state index in [2.05, 4.69) is 15.0 Å². The number of halogens is 3. The molecule has 0 atom stereocenters. The summed E-state index contributed by atoms with van der Waals surface area (Å²) in [5, 5.41) is 1.71. The predicted molar refractivity (Wildman–Crippen MR) is 53.1 cm³/mol. The van der Waals surface area contributed by atoms with Crippen molar-refractivity contribution in [3.05, 3.63) is 27.7 Å². The number of rotatable bonds is 1. The van der Waals surface area contributed by atoms with Crippen LogP contribution >= 0.6 is 34.5 Å². The molecule has 0 saturated heterocycles. The minimum Gasteiger partial charge on any atom is -0.241 e. The minimum atomic E-state index is -0.811. The van der Waals surface area contributed by atoms with E-state index < -0.39 is 5.82 Å². The molecule has 2 rings (SSSR count). The summed E-state index contributed by atoms with van der Waals surface area (Å²) in [6.45, 7) is 0. The molecule has 0 aliphatic heterocycles. The molecule has 14 heavy (non-hydrogen) atoms. The van der Waals surface area contributed by atoms with Crippen molar-refractivity contribution in [3.63, 3.8) is 0 Å². The van der Waals surface area contributed by atoms with Gasteiger partial charge in [0, 0.05) is 11.6 Å². The van der Waals surface area contributed by atoms with Crippen LogP contribution in [0, 0.1) is 5.82 Å². The monoisotopic (exact) mass is 249 g/mol. The van der Waals surface area contributed by atoms with Gasteiger partial charge in [0.1, 0.15) is 0 Å². The lowest BCUT2D eigenvalue weighted by Gasteiger charge is -1.98. The molecule has 0 saturated carbocycles. The zero-order chi connectivity index (χ0) is 10.1. The van der Waals surface area contributed by atoms with Crippen molar-refractivity contribution in [2.45, 2.75) is 0 Å². The molecule has 2 heterocycles. The first-order valence-corrected chi connectivity index (χ1v) is 5.10. The first kappa shape index (κ1) is 9.76. The zero-order valence-corrected chi connectivity index (χ0v) is 8.87. The Hall–Kier alpha value is -0.780. The summed E-state index contributed by atoms with van der Waals surface area (Å²) in [5.41, 5.74) is 0. The van der Waals surface area contributed by atoms with Gasteiger partial charge in [0.05, 0.1) is 0 Å². The molecule has 2 aromatic heterocycles. The van der Waals surface area contributed by atoms with Gasteiger partial charge in [-0.3, -0.25) is 0 Å². The van der Waals surface area contributed by atoms with E-state index in [0.29, 0.717) is 5.01 Å². The van der Waals surface area contributed by atoms with Gasteiger partial charge in [0.2, 0.25) is 0 Å². The number of hydrogen-bond acceptors (Lipinski definition) is 4. The Morgan fingerprint density at radius 1 is 1.21 bits per heavy atom. The highest BCUT2D eigenvalue weighted by molar-refractivity contribution is 7.13. The maximum absolute atomic E-state index is 12.9. The van der Waals surface area contributed by atoms with E-state index in [9.17, 15) is 4.39 Å².